The number of thioether (sulfide) groups is 1. The number of ketones is 1. The smallest absolute Gasteiger partial charge is 0.229 e. The number of Topliss-reactive ketones (excluding diaryl/α,β-unsaturated/α-hetero) is 1. The lowest BCUT2D eigenvalue weighted by molar-refractivity contribution is 0.0994. The number of sulfonamides is 1. The molecular weight excluding hydrogens is 386 g/mol. The van der Waals surface area contributed by atoms with Crippen molar-refractivity contribution in [3.63, 3.8) is 0 Å². The molecule has 3 aromatic rings. The monoisotopic (exact) mass is 405 g/mol. The summed E-state index contributed by atoms with van der Waals surface area (Å²) in [5.41, 5.74) is 2.56. The number of aromatic nitrogens is 2. The number of hydrogen-bond acceptors (Lipinski definition) is 6. The Bertz CT molecular complexity index is 1080. The third-order valence-electron chi connectivity index (χ3n) is 3.80. The van der Waals surface area contributed by atoms with Gasteiger partial charge in [0, 0.05) is 17.3 Å². The lowest BCUT2D eigenvalue weighted by Gasteiger charge is -2.09. The fourth-order valence-corrected chi connectivity index (χ4v) is 3.98. The first-order chi connectivity index (χ1) is 12.7. The van der Waals surface area contributed by atoms with E-state index in [0.717, 1.165) is 23.0 Å². The second kappa shape index (κ2) is 7.61. The Labute approximate surface area is 161 Å². The number of benzene rings is 2. The van der Waals surface area contributed by atoms with Gasteiger partial charge in [-0.05, 0) is 43.3 Å². The third kappa shape index (κ3) is 4.81. The molecule has 0 aliphatic carbocycles. The van der Waals surface area contributed by atoms with E-state index in [1.165, 1.54) is 11.8 Å². The van der Waals surface area contributed by atoms with E-state index in [9.17, 15) is 13.2 Å². The van der Waals surface area contributed by atoms with Gasteiger partial charge in [0.2, 0.25) is 10.0 Å². The van der Waals surface area contributed by atoms with Crippen LogP contribution in [0.4, 0.5) is 5.69 Å². The van der Waals surface area contributed by atoms with E-state index in [1.807, 2.05) is 25.1 Å². The van der Waals surface area contributed by atoms with Crippen molar-refractivity contribution in [2.24, 2.45) is 0 Å². The number of anilines is 1. The highest BCUT2D eigenvalue weighted by Crippen LogP contribution is 2.27. The SMILES string of the molecule is COc1ccc2nc(SC(C)C(=O)c3ccc(NS(C)(=O)=O)cc3)[nH]c2c1. The lowest BCUT2D eigenvalue weighted by atomic mass is 10.1. The van der Waals surface area contributed by atoms with Crippen molar-refractivity contribution in [2.75, 3.05) is 18.1 Å². The Hall–Kier alpha value is -2.52. The maximum atomic E-state index is 12.6. The Morgan fingerprint density at radius 1 is 1.22 bits per heavy atom. The average Bonchev–Trinajstić information content (AvgIpc) is 3.01. The van der Waals surface area contributed by atoms with E-state index in [1.54, 1.807) is 31.4 Å². The first-order valence-corrected chi connectivity index (χ1v) is 10.8. The summed E-state index contributed by atoms with van der Waals surface area (Å²) in [4.78, 5) is 20.3. The van der Waals surface area contributed by atoms with Crippen molar-refractivity contribution in [1.29, 1.82) is 0 Å². The van der Waals surface area contributed by atoms with Gasteiger partial charge < -0.3 is 9.72 Å². The number of nitrogens with zero attached hydrogens (tertiary/aromatic N) is 1. The summed E-state index contributed by atoms with van der Waals surface area (Å²) >= 11 is 1.33. The second-order valence-electron chi connectivity index (χ2n) is 6.00. The normalized spacial score (nSPS) is 12.7. The summed E-state index contributed by atoms with van der Waals surface area (Å²) in [6.07, 6.45) is 1.08. The largest absolute Gasteiger partial charge is 0.497 e. The van der Waals surface area contributed by atoms with Gasteiger partial charge in [-0.3, -0.25) is 9.52 Å². The summed E-state index contributed by atoms with van der Waals surface area (Å²) in [5, 5.41) is 0.288. The summed E-state index contributed by atoms with van der Waals surface area (Å²) < 4.78 is 30.1. The fraction of sp³-hybridized carbons (Fsp3) is 0.222. The molecule has 0 saturated heterocycles. The van der Waals surface area contributed by atoms with E-state index in [0.29, 0.717) is 16.4 Å². The molecule has 2 aromatic carbocycles. The zero-order valence-corrected chi connectivity index (χ0v) is 16.6. The summed E-state index contributed by atoms with van der Waals surface area (Å²) in [5.74, 6) is 0.665. The number of nitrogens with one attached hydrogen (secondary N) is 2. The second-order valence-corrected chi connectivity index (χ2v) is 9.08. The van der Waals surface area contributed by atoms with E-state index in [4.69, 9.17) is 4.74 Å². The molecule has 0 saturated carbocycles. The van der Waals surface area contributed by atoms with Gasteiger partial charge in [0.15, 0.2) is 10.9 Å². The number of carbonyl (C=O) groups excluding carboxylic acids is 1. The molecule has 7 nitrogen and oxygen atoms in total. The molecule has 1 heterocycles. The van der Waals surface area contributed by atoms with Gasteiger partial charge >= 0.3 is 0 Å². The van der Waals surface area contributed by atoms with Crippen LogP contribution < -0.4 is 9.46 Å². The van der Waals surface area contributed by atoms with Crippen molar-refractivity contribution < 1.29 is 17.9 Å². The molecule has 1 atom stereocenters. The van der Waals surface area contributed by atoms with Crippen LogP contribution in [0.2, 0.25) is 0 Å². The van der Waals surface area contributed by atoms with Crippen molar-refractivity contribution >= 4 is 44.3 Å². The summed E-state index contributed by atoms with van der Waals surface area (Å²) in [6.45, 7) is 1.81. The zero-order valence-electron chi connectivity index (χ0n) is 15.0. The van der Waals surface area contributed by atoms with Crippen molar-refractivity contribution in [3.05, 3.63) is 48.0 Å². The average molecular weight is 406 g/mol. The van der Waals surface area contributed by atoms with Gasteiger partial charge in [-0.15, -0.1) is 0 Å². The van der Waals surface area contributed by atoms with E-state index in [-0.39, 0.29) is 11.0 Å². The van der Waals surface area contributed by atoms with Crippen molar-refractivity contribution in [1.82, 2.24) is 9.97 Å². The highest BCUT2D eigenvalue weighted by molar-refractivity contribution is 8.00. The molecule has 0 aliphatic rings. The van der Waals surface area contributed by atoms with Gasteiger partial charge in [0.1, 0.15) is 5.75 Å². The predicted octanol–water partition coefficient (Wildman–Crippen LogP) is 3.31. The molecule has 3 rings (SSSR count). The fourth-order valence-electron chi connectivity index (χ4n) is 2.52. The molecule has 142 valence electrons. The Morgan fingerprint density at radius 2 is 1.93 bits per heavy atom. The van der Waals surface area contributed by atoms with Crippen LogP contribution in [0.15, 0.2) is 47.6 Å². The number of ether oxygens (including phenoxy) is 1. The van der Waals surface area contributed by atoms with Gasteiger partial charge in [0.05, 0.1) is 29.6 Å². The quantitative estimate of drug-likeness (QED) is 0.462. The van der Waals surface area contributed by atoms with Gasteiger partial charge in [-0.25, -0.2) is 13.4 Å². The number of rotatable bonds is 7. The molecule has 0 spiro atoms. The number of hydrogen-bond donors (Lipinski definition) is 2. The van der Waals surface area contributed by atoms with Crippen LogP contribution in [0.1, 0.15) is 17.3 Å². The highest BCUT2D eigenvalue weighted by Gasteiger charge is 2.18. The Morgan fingerprint density at radius 3 is 2.56 bits per heavy atom. The minimum atomic E-state index is -3.35. The van der Waals surface area contributed by atoms with Crippen LogP contribution in [0.5, 0.6) is 5.75 Å². The Kier molecular flexibility index (Phi) is 5.43. The van der Waals surface area contributed by atoms with Crippen LogP contribution in [0, 0.1) is 0 Å². The van der Waals surface area contributed by atoms with E-state index in [2.05, 4.69) is 14.7 Å². The lowest BCUT2D eigenvalue weighted by Crippen LogP contribution is -2.14. The first kappa shape index (κ1) is 19.2. The third-order valence-corrected chi connectivity index (χ3v) is 5.39. The maximum absolute atomic E-state index is 12.6. The molecular formula is C18H19N3O4S2. The minimum absolute atomic E-state index is 0.0658. The molecule has 1 aromatic heterocycles. The van der Waals surface area contributed by atoms with E-state index < -0.39 is 10.0 Å². The van der Waals surface area contributed by atoms with Crippen molar-refractivity contribution in [2.45, 2.75) is 17.3 Å². The minimum Gasteiger partial charge on any atom is -0.497 e. The number of methoxy groups -OCH3 is 1. The molecule has 0 radical (unpaired) electrons. The zero-order chi connectivity index (χ0) is 19.6. The highest BCUT2D eigenvalue weighted by atomic mass is 32.2. The van der Waals surface area contributed by atoms with Gasteiger partial charge in [0.25, 0.3) is 0 Å². The molecule has 0 aliphatic heterocycles. The predicted molar refractivity (Wildman–Crippen MR) is 107 cm³/mol. The topological polar surface area (TPSA) is 101 Å². The standard InChI is InChI=1S/C18H19N3O4S2/c1-11(17(22)12-4-6-13(7-5-12)21-27(3,23)24)26-18-19-15-9-8-14(25-2)10-16(15)20-18/h4-11,21H,1-3H3,(H,19,20). The molecule has 1 unspecified atom stereocenters. The molecule has 2 N–H and O–H groups in total. The van der Waals surface area contributed by atoms with Crippen LogP contribution in [-0.4, -0.2) is 42.8 Å². The number of carbonyl (C=O) groups is 1. The van der Waals surface area contributed by atoms with Crippen LogP contribution in [0.3, 0.4) is 0 Å². The number of fused-ring (bicyclic) bond motifs is 1. The first-order valence-electron chi connectivity index (χ1n) is 8.07. The molecule has 9 heteroatoms. The molecule has 0 fully saturated rings. The van der Waals surface area contributed by atoms with Gasteiger partial charge in [-0.1, -0.05) is 11.8 Å². The maximum Gasteiger partial charge on any atom is 0.229 e. The van der Waals surface area contributed by atoms with Crippen LogP contribution in [-0.2, 0) is 10.0 Å². The van der Waals surface area contributed by atoms with Crippen LogP contribution >= 0.6 is 11.8 Å². The summed E-state index contributed by atoms with van der Waals surface area (Å²) in [7, 11) is -1.74. The number of H-pyrrole nitrogens is 1. The molecule has 27 heavy (non-hydrogen) atoms. The van der Waals surface area contributed by atoms with Gasteiger partial charge in [-0.2, -0.15) is 0 Å². The van der Waals surface area contributed by atoms with Crippen LogP contribution in [0.25, 0.3) is 11.0 Å². The van der Waals surface area contributed by atoms with Crippen molar-refractivity contribution in [3.8, 4) is 5.75 Å². The summed E-state index contributed by atoms with van der Waals surface area (Å²) in [6, 6.07) is 11.9. The molecule has 0 amide bonds. The molecule has 0 bridgehead atoms. The number of aromatic amines is 1. The Balaban J connectivity index is 1.72. The van der Waals surface area contributed by atoms with E-state index >= 15 is 0 Å². The number of imidazole rings is 1.